The van der Waals surface area contributed by atoms with Gasteiger partial charge in [-0.3, -0.25) is 4.90 Å². The fraction of sp³-hybridized carbons (Fsp3) is 0.190. The number of nitrogens with one attached hydrogen (secondary N) is 1. The molecule has 1 N–H and O–H groups in total. The molecule has 4 aromatic rings. The lowest BCUT2D eigenvalue weighted by molar-refractivity contribution is -0.946. The molecular weight excluding hydrogens is 330 g/mol. The highest BCUT2D eigenvalue weighted by Crippen LogP contribution is 2.34. The zero-order chi connectivity index (χ0) is 17.7. The van der Waals surface area contributed by atoms with E-state index in [1.165, 1.54) is 4.90 Å². The van der Waals surface area contributed by atoms with Crippen LogP contribution in [-0.2, 0) is 13.1 Å². The molecule has 1 aliphatic heterocycles. The van der Waals surface area contributed by atoms with Gasteiger partial charge in [0.2, 0.25) is 6.73 Å². The van der Waals surface area contributed by atoms with E-state index in [0.717, 1.165) is 40.0 Å². The lowest BCUT2D eigenvalue weighted by Crippen LogP contribution is -3.10. The number of furan rings is 1. The fourth-order valence-electron chi connectivity index (χ4n) is 3.82. The Bertz CT molecular complexity index is 1170. The van der Waals surface area contributed by atoms with E-state index in [1.54, 1.807) is 6.26 Å². The van der Waals surface area contributed by atoms with Gasteiger partial charge < -0.3 is 13.6 Å². The van der Waals surface area contributed by atoms with E-state index in [4.69, 9.17) is 13.6 Å². The van der Waals surface area contributed by atoms with Crippen molar-refractivity contribution in [1.29, 1.82) is 0 Å². The van der Waals surface area contributed by atoms with Crippen LogP contribution in [0, 0.1) is 6.92 Å². The highest BCUT2D eigenvalue weighted by molar-refractivity contribution is 6.07. The summed E-state index contributed by atoms with van der Waals surface area (Å²) in [5.41, 5.74) is 2.33. The molecule has 2 aromatic carbocycles. The van der Waals surface area contributed by atoms with Crippen LogP contribution in [0.2, 0.25) is 0 Å². The zero-order valence-electron chi connectivity index (χ0n) is 14.4. The van der Waals surface area contributed by atoms with Crippen molar-refractivity contribution in [1.82, 2.24) is 0 Å². The normalized spacial score (nSPS) is 16.6. The minimum Gasteiger partial charge on any atom is -0.463 e. The first-order valence-electron chi connectivity index (χ1n) is 8.67. The molecule has 5 rings (SSSR count). The van der Waals surface area contributed by atoms with Gasteiger partial charge in [-0.05, 0) is 36.8 Å². The quantitative estimate of drug-likeness (QED) is 0.447. The summed E-state index contributed by atoms with van der Waals surface area (Å²) >= 11 is 0. The van der Waals surface area contributed by atoms with Gasteiger partial charge in [0, 0.05) is 10.8 Å². The maximum Gasteiger partial charge on any atom is 0.344 e. The molecule has 0 bridgehead atoms. The molecule has 0 amide bonds. The van der Waals surface area contributed by atoms with Crippen molar-refractivity contribution in [3.63, 3.8) is 0 Å². The number of hydrogen-bond acceptors (Lipinski definition) is 4. The van der Waals surface area contributed by atoms with Gasteiger partial charge in [-0.25, -0.2) is 4.79 Å². The monoisotopic (exact) mass is 348 g/mol. The Morgan fingerprint density at radius 3 is 2.77 bits per heavy atom. The molecular formula is C21H18NO4+. The first-order chi connectivity index (χ1) is 12.7. The van der Waals surface area contributed by atoms with Crippen LogP contribution in [0.3, 0.4) is 0 Å². The summed E-state index contributed by atoms with van der Waals surface area (Å²) in [4.78, 5) is 13.7. The third kappa shape index (κ3) is 2.32. The van der Waals surface area contributed by atoms with E-state index in [0.29, 0.717) is 24.2 Å². The predicted molar refractivity (Wildman–Crippen MR) is 97.3 cm³/mol. The number of rotatable bonds is 2. The van der Waals surface area contributed by atoms with Crippen molar-refractivity contribution in [3.8, 4) is 5.75 Å². The summed E-state index contributed by atoms with van der Waals surface area (Å²) in [5.74, 6) is 1.71. The molecule has 26 heavy (non-hydrogen) atoms. The second kappa shape index (κ2) is 5.75. The van der Waals surface area contributed by atoms with E-state index < -0.39 is 0 Å². The van der Waals surface area contributed by atoms with Crippen LogP contribution in [0.4, 0.5) is 0 Å². The van der Waals surface area contributed by atoms with Crippen LogP contribution >= 0.6 is 0 Å². The number of hydrogen-bond donors (Lipinski definition) is 1. The fourth-order valence-corrected chi connectivity index (χ4v) is 3.82. The van der Waals surface area contributed by atoms with Crippen molar-refractivity contribution in [3.05, 3.63) is 76.0 Å². The molecule has 3 heterocycles. The third-order valence-corrected chi connectivity index (χ3v) is 5.01. The van der Waals surface area contributed by atoms with Crippen molar-refractivity contribution in [2.45, 2.75) is 20.0 Å². The van der Waals surface area contributed by atoms with Gasteiger partial charge in [-0.2, -0.15) is 0 Å². The molecule has 0 aliphatic carbocycles. The lowest BCUT2D eigenvalue weighted by Gasteiger charge is -2.26. The molecule has 2 aromatic heterocycles. The van der Waals surface area contributed by atoms with Crippen molar-refractivity contribution >= 4 is 21.7 Å². The summed E-state index contributed by atoms with van der Waals surface area (Å²) in [5, 5.41) is 2.53. The second-order valence-electron chi connectivity index (χ2n) is 6.78. The smallest absolute Gasteiger partial charge is 0.344 e. The average Bonchev–Trinajstić information content (AvgIpc) is 3.15. The van der Waals surface area contributed by atoms with Gasteiger partial charge in [0.1, 0.15) is 18.8 Å². The van der Waals surface area contributed by atoms with E-state index in [1.807, 2.05) is 49.4 Å². The highest BCUT2D eigenvalue weighted by Gasteiger charge is 2.27. The molecule has 5 nitrogen and oxygen atoms in total. The summed E-state index contributed by atoms with van der Waals surface area (Å²) < 4.78 is 17.2. The highest BCUT2D eigenvalue weighted by atomic mass is 16.5. The van der Waals surface area contributed by atoms with Crippen LogP contribution in [0.25, 0.3) is 21.7 Å². The van der Waals surface area contributed by atoms with Crippen LogP contribution < -0.4 is 15.3 Å². The van der Waals surface area contributed by atoms with Crippen LogP contribution in [-0.4, -0.2) is 6.73 Å². The Morgan fingerprint density at radius 1 is 1.12 bits per heavy atom. The van der Waals surface area contributed by atoms with Gasteiger partial charge in [0.15, 0.2) is 11.3 Å². The molecule has 0 spiro atoms. The van der Waals surface area contributed by atoms with E-state index in [-0.39, 0.29) is 5.63 Å². The van der Waals surface area contributed by atoms with Crippen LogP contribution in [0.15, 0.2) is 62.4 Å². The van der Waals surface area contributed by atoms with Crippen molar-refractivity contribution in [2.75, 3.05) is 6.73 Å². The molecule has 1 aliphatic rings. The Morgan fingerprint density at radius 2 is 1.96 bits per heavy atom. The standard InChI is InChI=1S/C21H17NO4/c1-13-9-18-17(11-22(12-25-18)10-14-5-4-8-24-14)20-19(13)15-6-2-3-7-16(15)21(23)26-20/h2-9H,10-12H2,1H3/p+1. The van der Waals surface area contributed by atoms with Gasteiger partial charge >= 0.3 is 5.63 Å². The minimum absolute atomic E-state index is 0.306. The largest absolute Gasteiger partial charge is 0.463 e. The molecule has 1 atom stereocenters. The molecule has 130 valence electrons. The summed E-state index contributed by atoms with van der Waals surface area (Å²) in [6.07, 6.45) is 1.68. The predicted octanol–water partition coefficient (Wildman–Crippen LogP) is 2.78. The summed E-state index contributed by atoms with van der Waals surface area (Å²) in [7, 11) is 0. The average molecular weight is 348 g/mol. The Hall–Kier alpha value is -3.05. The van der Waals surface area contributed by atoms with Crippen LogP contribution in [0.5, 0.6) is 5.75 Å². The number of benzene rings is 2. The number of quaternary nitrogens is 1. The zero-order valence-corrected chi connectivity index (χ0v) is 14.4. The summed E-state index contributed by atoms with van der Waals surface area (Å²) in [6, 6.07) is 13.5. The SMILES string of the molecule is Cc1cc2c(c3oc(=O)c4ccccc4c13)C[NH+](Cc1ccco1)CO2. The van der Waals surface area contributed by atoms with E-state index in [9.17, 15) is 4.79 Å². The van der Waals surface area contributed by atoms with E-state index in [2.05, 4.69) is 0 Å². The maximum atomic E-state index is 12.5. The molecule has 0 fully saturated rings. The molecule has 1 unspecified atom stereocenters. The second-order valence-corrected chi connectivity index (χ2v) is 6.78. The van der Waals surface area contributed by atoms with Crippen LogP contribution in [0.1, 0.15) is 16.9 Å². The molecule has 5 heteroatoms. The number of ether oxygens (including phenoxy) is 1. The first-order valence-corrected chi connectivity index (χ1v) is 8.67. The Balaban J connectivity index is 1.70. The number of aryl methyl sites for hydroxylation is 1. The van der Waals surface area contributed by atoms with Gasteiger partial charge in [-0.15, -0.1) is 0 Å². The summed E-state index contributed by atoms with van der Waals surface area (Å²) in [6.45, 7) is 4.02. The molecule has 0 saturated carbocycles. The van der Waals surface area contributed by atoms with Crippen molar-refractivity contribution < 1.29 is 18.5 Å². The molecule has 0 saturated heterocycles. The third-order valence-electron chi connectivity index (χ3n) is 5.01. The lowest BCUT2D eigenvalue weighted by atomic mass is 9.99. The topological polar surface area (TPSA) is 57.0 Å². The van der Waals surface area contributed by atoms with Gasteiger partial charge in [0.05, 0.1) is 17.2 Å². The maximum absolute atomic E-state index is 12.5. The van der Waals surface area contributed by atoms with Gasteiger partial charge in [0.25, 0.3) is 0 Å². The van der Waals surface area contributed by atoms with Crippen molar-refractivity contribution in [2.24, 2.45) is 0 Å². The molecule has 0 radical (unpaired) electrons. The minimum atomic E-state index is -0.306. The van der Waals surface area contributed by atoms with Gasteiger partial charge in [-0.1, -0.05) is 18.2 Å². The Labute approximate surface area is 149 Å². The first kappa shape index (κ1) is 15.2. The Kier molecular flexibility index (Phi) is 3.36. The number of fused-ring (bicyclic) bond motifs is 5. The van der Waals surface area contributed by atoms with E-state index >= 15 is 0 Å².